The first-order valence-corrected chi connectivity index (χ1v) is 11.8. The van der Waals surface area contributed by atoms with Crippen molar-refractivity contribution in [2.75, 3.05) is 26.2 Å². The Labute approximate surface area is 175 Å². The van der Waals surface area contributed by atoms with Gasteiger partial charge in [0.2, 0.25) is 15.9 Å². The number of piperidine rings is 1. The number of sulfonamides is 1. The zero-order valence-corrected chi connectivity index (χ0v) is 17.8. The summed E-state index contributed by atoms with van der Waals surface area (Å²) in [4.78, 5) is 23.9. The third-order valence-electron chi connectivity index (χ3n) is 6.00. The summed E-state index contributed by atoms with van der Waals surface area (Å²) in [5.41, 5.74) is 0.799. The number of ether oxygens (including phenoxy) is 1. The van der Waals surface area contributed by atoms with Gasteiger partial charge >= 0.3 is 5.76 Å². The Morgan fingerprint density at radius 1 is 1.23 bits per heavy atom. The van der Waals surface area contributed by atoms with Crippen LogP contribution in [0.15, 0.2) is 32.3 Å². The summed E-state index contributed by atoms with van der Waals surface area (Å²) < 4.78 is 39.4. The van der Waals surface area contributed by atoms with Gasteiger partial charge in [0.15, 0.2) is 5.58 Å². The van der Waals surface area contributed by atoms with E-state index in [4.69, 9.17) is 9.15 Å². The Bertz CT molecular complexity index is 1080. The number of aryl methyl sites for hydroxylation is 1. The van der Waals surface area contributed by atoms with Gasteiger partial charge in [0.05, 0.1) is 16.5 Å². The summed E-state index contributed by atoms with van der Waals surface area (Å²) in [5, 5.41) is 2.93. The smallest absolute Gasteiger partial charge is 0.408 e. The number of oxazole rings is 1. The number of hydrogen-bond donors (Lipinski definition) is 1. The van der Waals surface area contributed by atoms with E-state index in [1.54, 1.807) is 13.1 Å². The molecule has 1 amide bonds. The molecule has 1 aromatic heterocycles. The quantitative estimate of drug-likeness (QED) is 0.727. The monoisotopic (exact) mass is 437 g/mol. The Balaban J connectivity index is 1.33. The van der Waals surface area contributed by atoms with Crippen LogP contribution in [0.2, 0.25) is 0 Å². The fraction of sp³-hybridized carbons (Fsp3) is 0.600. The first-order valence-electron chi connectivity index (χ1n) is 10.3. The van der Waals surface area contributed by atoms with Crippen molar-refractivity contribution in [2.24, 2.45) is 13.0 Å². The zero-order chi connectivity index (χ0) is 21.3. The van der Waals surface area contributed by atoms with Crippen LogP contribution in [-0.4, -0.2) is 55.5 Å². The van der Waals surface area contributed by atoms with Crippen molar-refractivity contribution in [1.29, 1.82) is 0 Å². The number of fused-ring (bicyclic) bond motifs is 1. The molecule has 0 bridgehead atoms. The molecule has 0 saturated carbocycles. The van der Waals surface area contributed by atoms with Gasteiger partial charge in [0, 0.05) is 45.8 Å². The highest BCUT2D eigenvalue weighted by atomic mass is 32.2. The first-order chi connectivity index (χ1) is 14.3. The molecular formula is C20H27N3O6S. The first kappa shape index (κ1) is 21.1. The predicted molar refractivity (Wildman–Crippen MR) is 110 cm³/mol. The zero-order valence-electron chi connectivity index (χ0n) is 17.0. The molecule has 2 aromatic rings. The number of carbonyl (C=O) groups is 1. The van der Waals surface area contributed by atoms with Crippen LogP contribution in [-0.2, 0) is 26.6 Å². The molecule has 9 nitrogen and oxygen atoms in total. The van der Waals surface area contributed by atoms with Gasteiger partial charge in [-0.1, -0.05) is 0 Å². The Hall–Kier alpha value is -2.17. The number of hydrogen-bond acceptors (Lipinski definition) is 6. The average molecular weight is 438 g/mol. The van der Waals surface area contributed by atoms with Crippen LogP contribution in [0.25, 0.3) is 11.1 Å². The highest BCUT2D eigenvalue weighted by molar-refractivity contribution is 7.89. The highest BCUT2D eigenvalue weighted by Crippen LogP contribution is 2.27. The molecule has 1 N–H and O–H groups in total. The summed E-state index contributed by atoms with van der Waals surface area (Å²) in [7, 11) is -2.11. The fourth-order valence-electron chi connectivity index (χ4n) is 4.14. The molecule has 0 unspecified atom stereocenters. The van der Waals surface area contributed by atoms with E-state index in [0.29, 0.717) is 44.4 Å². The molecule has 2 fully saturated rings. The number of carbonyl (C=O) groups excluding carboxylic acids is 1. The molecule has 0 radical (unpaired) electrons. The molecule has 2 aliphatic heterocycles. The van der Waals surface area contributed by atoms with Gasteiger partial charge in [-0.2, -0.15) is 4.31 Å². The second-order valence-electron chi connectivity index (χ2n) is 8.05. The number of amides is 1. The largest absolute Gasteiger partial charge is 0.419 e. The third kappa shape index (κ3) is 4.30. The second-order valence-corrected chi connectivity index (χ2v) is 9.99. The van der Waals surface area contributed by atoms with Crippen LogP contribution in [0.5, 0.6) is 0 Å². The summed E-state index contributed by atoms with van der Waals surface area (Å²) in [6, 6.07) is 4.48. The van der Waals surface area contributed by atoms with Crippen LogP contribution in [0.3, 0.4) is 0 Å². The molecule has 30 heavy (non-hydrogen) atoms. The van der Waals surface area contributed by atoms with Gasteiger partial charge in [-0.25, -0.2) is 13.2 Å². The molecular weight excluding hydrogens is 410 g/mol. The maximum atomic E-state index is 13.0. The SMILES string of the molecule is Cn1c(=O)oc2cc(S(=O)(=O)N3CCC(CC(=O)NC[C@@H]4CCCO4)CC3)ccc21. The summed E-state index contributed by atoms with van der Waals surface area (Å²) in [6.45, 7) is 2.03. The van der Waals surface area contributed by atoms with E-state index in [1.165, 1.54) is 21.0 Å². The van der Waals surface area contributed by atoms with Gasteiger partial charge in [0.1, 0.15) is 0 Å². The van der Waals surface area contributed by atoms with Crippen molar-refractivity contribution in [1.82, 2.24) is 14.2 Å². The van der Waals surface area contributed by atoms with Crippen molar-refractivity contribution < 1.29 is 22.4 Å². The molecule has 4 rings (SSSR count). The number of nitrogens with zero attached hydrogens (tertiary/aromatic N) is 2. The van der Waals surface area contributed by atoms with Gasteiger partial charge in [-0.15, -0.1) is 0 Å². The van der Waals surface area contributed by atoms with Crippen molar-refractivity contribution in [3.63, 3.8) is 0 Å². The lowest BCUT2D eigenvalue weighted by Crippen LogP contribution is -2.40. The third-order valence-corrected chi connectivity index (χ3v) is 7.89. The predicted octanol–water partition coefficient (Wildman–Crippen LogP) is 1.22. The van der Waals surface area contributed by atoms with Crippen LogP contribution < -0.4 is 11.1 Å². The maximum absolute atomic E-state index is 13.0. The van der Waals surface area contributed by atoms with Crippen LogP contribution in [0, 0.1) is 5.92 Å². The van der Waals surface area contributed by atoms with Crippen molar-refractivity contribution >= 4 is 27.0 Å². The average Bonchev–Trinajstić information content (AvgIpc) is 3.35. The van der Waals surface area contributed by atoms with Crippen molar-refractivity contribution in [3.8, 4) is 0 Å². The Morgan fingerprint density at radius 2 is 2.00 bits per heavy atom. The van der Waals surface area contributed by atoms with Crippen LogP contribution >= 0.6 is 0 Å². The molecule has 2 saturated heterocycles. The standard InChI is InChI=1S/C20H27N3O6S/c1-22-17-5-4-16(12-18(17)29-20(22)25)30(26,27)23-8-6-14(7-9-23)11-19(24)21-13-15-3-2-10-28-15/h4-5,12,14-15H,2-3,6-11,13H2,1H3,(H,21,24)/t15-/m0/s1. The topological polar surface area (TPSA) is 111 Å². The Kier molecular flexibility index (Phi) is 5.99. The minimum Gasteiger partial charge on any atom is -0.408 e. The normalized spacial score (nSPS) is 21.3. The molecule has 3 heterocycles. The summed E-state index contributed by atoms with van der Waals surface area (Å²) in [5.74, 6) is -0.370. The van der Waals surface area contributed by atoms with E-state index >= 15 is 0 Å². The van der Waals surface area contributed by atoms with E-state index in [1.807, 2.05) is 0 Å². The van der Waals surface area contributed by atoms with Gasteiger partial charge < -0.3 is 14.5 Å². The lowest BCUT2D eigenvalue weighted by atomic mass is 9.94. The van der Waals surface area contributed by atoms with Gasteiger partial charge in [-0.3, -0.25) is 9.36 Å². The number of aromatic nitrogens is 1. The fourth-order valence-corrected chi connectivity index (χ4v) is 5.63. The maximum Gasteiger partial charge on any atom is 0.419 e. The molecule has 2 aliphatic rings. The number of benzene rings is 1. The van der Waals surface area contributed by atoms with E-state index in [9.17, 15) is 18.0 Å². The second kappa shape index (κ2) is 8.52. The summed E-state index contributed by atoms with van der Waals surface area (Å²) >= 11 is 0. The van der Waals surface area contributed by atoms with Gasteiger partial charge in [0.25, 0.3) is 0 Å². The van der Waals surface area contributed by atoms with E-state index in [2.05, 4.69) is 5.32 Å². The lowest BCUT2D eigenvalue weighted by molar-refractivity contribution is -0.122. The van der Waals surface area contributed by atoms with Gasteiger partial charge in [-0.05, 0) is 43.7 Å². The Morgan fingerprint density at radius 3 is 2.70 bits per heavy atom. The molecule has 0 aliphatic carbocycles. The molecule has 1 atom stereocenters. The molecule has 164 valence electrons. The van der Waals surface area contributed by atoms with E-state index in [-0.39, 0.29) is 28.4 Å². The lowest BCUT2D eigenvalue weighted by Gasteiger charge is -2.31. The minimum absolute atomic E-state index is 0.00337. The minimum atomic E-state index is -3.69. The van der Waals surface area contributed by atoms with Crippen LogP contribution in [0.4, 0.5) is 0 Å². The number of nitrogens with one attached hydrogen (secondary N) is 1. The van der Waals surface area contributed by atoms with E-state index < -0.39 is 15.8 Å². The summed E-state index contributed by atoms with van der Waals surface area (Å²) in [6.07, 6.45) is 3.81. The molecule has 1 aromatic carbocycles. The van der Waals surface area contributed by atoms with Crippen molar-refractivity contribution in [3.05, 3.63) is 28.7 Å². The van der Waals surface area contributed by atoms with Crippen LogP contribution in [0.1, 0.15) is 32.1 Å². The van der Waals surface area contributed by atoms with Crippen molar-refractivity contribution in [2.45, 2.75) is 43.1 Å². The number of rotatable bonds is 6. The molecule has 10 heteroatoms. The van der Waals surface area contributed by atoms with E-state index in [0.717, 1.165) is 19.4 Å². The highest BCUT2D eigenvalue weighted by Gasteiger charge is 2.31. The molecule has 0 spiro atoms.